The molecular weight excluding hydrogens is 266 g/mol. The topological polar surface area (TPSA) is 58.9 Å². The molecule has 0 amide bonds. The molecule has 0 aliphatic rings. The fourth-order valence-corrected chi connectivity index (χ4v) is 3.03. The molecule has 0 radical (unpaired) electrons. The van der Waals surface area contributed by atoms with Gasteiger partial charge in [0.1, 0.15) is 5.82 Å². The molecule has 2 rings (SSSR count). The van der Waals surface area contributed by atoms with Gasteiger partial charge in [-0.15, -0.1) is 0 Å². The van der Waals surface area contributed by atoms with E-state index in [4.69, 9.17) is 0 Å². The third-order valence-electron chi connectivity index (χ3n) is 2.46. The van der Waals surface area contributed by atoms with Gasteiger partial charge in [-0.2, -0.15) is 4.37 Å². The second kappa shape index (κ2) is 6.26. The number of pyridine rings is 1. The van der Waals surface area contributed by atoms with Crippen LogP contribution >= 0.6 is 23.3 Å². The summed E-state index contributed by atoms with van der Waals surface area (Å²) in [5.41, 5.74) is 0.716. The van der Waals surface area contributed by atoms with E-state index in [0.717, 1.165) is 21.5 Å². The Morgan fingerprint density at radius 1 is 1.39 bits per heavy atom. The number of aryl methyl sites for hydroxylation is 1. The van der Waals surface area contributed by atoms with Gasteiger partial charge in [-0.1, -0.05) is 25.6 Å². The first-order valence-corrected chi connectivity index (χ1v) is 7.46. The van der Waals surface area contributed by atoms with Crippen molar-refractivity contribution in [2.24, 2.45) is 0 Å². The molecule has 0 aliphatic carbocycles. The zero-order chi connectivity index (χ0) is 13.0. The minimum Gasteiger partial charge on any atom is -0.387 e. The second-order valence-corrected chi connectivity index (χ2v) is 5.85. The molecule has 96 valence electrons. The van der Waals surface area contributed by atoms with Gasteiger partial charge in [0.05, 0.1) is 11.8 Å². The molecule has 6 heteroatoms. The average molecular weight is 281 g/mol. The SMILES string of the molecule is CCc1nsc(Sc2ccc([C@H](O)CC)nc2)n1. The molecule has 1 atom stereocenters. The van der Waals surface area contributed by atoms with E-state index in [1.54, 1.807) is 18.0 Å². The normalized spacial score (nSPS) is 12.6. The zero-order valence-electron chi connectivity index (χ0n) is 10.3. The van der Waals surface area contributed by atoms with E-state index in [1.165, 1.54) is 11.5 Å². The molecule has 1 N–H and O–H groups in total. The molecular formula is C12H15N3OS2. The highest BCUT2D eigenvalue weighted by Crippen LogP contribution is 2.29. The van der Waals surface area contributed by atoms with Crippen LogP contribution in [-0.4, -0.2) is 19.4 Å². The quantitative estimate of drug-likeness (QED) is 0.912. The van der Waals surface area contributed by atoms with Crippen molar-refractivity contribution in [3.63, 3.8) is 0 Å². The van der Waals surface area contributed by atoms with Crippen LogP contribution in [0.1, 0.15) is 37.9 Å². The second-order valence-electron chi connectivity index (χ2n) is 3.77. The van der Waals surface area contributed by atoms with Gasteiger partial charge >= 0.3 is 0 Å². The number of nitrogens with zero attached hydrogens (tertiary/aromatic N) is 3. The summed E-state index contributed by atoms with van der Waals surface area (Å²) >= 11 is 2.96. The van der Waals surface area contributed by atoms with Crippen LogP contribution in [0.15, 0.2) is 27.6 Å². The maximum atomic E-state index is 9.66. The van der Waals surface area contributed by atoms with Gasteiger partial charge in [0.15, 0.2) is 4.34 Å². The zero-order valence-corrected chi connectivity index (χ0v) is 12.0. The van der Waals surface area contributed by atoms with E-state index in [0.29, 0.717) is 12.1 Å². The van der Waals surface area contributed by atoms with Gasteiger partial charge < -0.3 is 5.11 Å². The van der Waals surface area contributed by atoms with Crippen LogP contribution in [0, 0.1) is 0 Å². The highest BCUT2D eigenvalue weighted by molar-refractivity contribution is 8.01. The van der Waals surface area contributed by atoms with Crippen LogP contribution in [0.25, 0.3) is 0 Å². The molecule has 0 saturated carbocycles. The minimum absolute atomic E-state index is 0.475. The highest BCUT2D eigenvalue weighted by Gasteiger charge is 2.08. The maximum Gasteiger partial charge on any atom is 0.174 e. The summed E-state index contributed by atoms with van der Waals surface area (Å²) < 4.78 is 5.17. The lowest BCUT2D eigenvalue weighted by atomic mass is 10.2. The molecule has 0 aromatic carbocycles. The van der Waals surface area contributed by atoms with Crippen molar-refractivity contribution in [2.75, 3.05) is 0 Å². The molecule has 0 aliphatic heterocycles. The van der Waals surface area contributed by atoms with Crippen LogP contribution in [0.3, 0.4) is 0 Å². The van der Waals surface area contributed by atoms with Gasteiger partial charge in [0.25, 0.3) is 0 Å². The standard InChI is InChI=1S/C12H15N3OS2/c1-3-10(16)9-6-5-8(7-13-9)17-12-14-11(4-2)15-18-12/h5-7,10,16H,3-4H2,1-2H3/t10-/m1/s1. The molecule has 4 nitrogen and oxygen atoms in total. The van der Waals surface area contributed by atoms with Crippen LogP contribution in [0.2, 0.25) is 0 Å². The summed E-state index contributed by atoms with van der Waals surface area (Å²) in [6.07, 6.45) is 2.83. The summed E-state index contributed by atoms with van der Waals surface area (Å²) in [5, 5.41) is 9.66. The van der Waals surface area contributed by atoms with Gasteiger partial charge in [-0.05, 0) is 30.1 Å². The number of rotatable bonds is 5. The third kappa shape index (κ3) is 3.28. The van der Waals surface area contributed by atoms with Crippen molar-refractivity contribution in [1.82, 2.24) is 14.3 Å². The Morgan fingerprint density at radius 3 is 2.78 bits per heavy atom. The highest BCUT2D eigenvalue weighted by atomic mass is 32.2. The molecule has 2 heterocycles. The van der Waals surface area contributed by atoms with E-state index in [9.17, 15) is 5.11 Å². The van der Waals surface area contributed by atoms with Crippen molar-refractivity contribution < 1.29 is 5.11 Å². The van der Waals surface area contributed by atoms with Gasteiger partial charge in [-0.3, -0.25) is 4.98 Å². The van der Waals surface area contributed by atoms with Gasteiger partial charge in [-0.25, -0.2) is 4.98 Å². The molecule has 0 unspecified atom stereocenters. The number of aliphatic hydroxyl groups excluding tert-OH is 1. The number of hydrogen-bond donors (Lipinski definition) is 1. The first-order chi connectivity index (χ1) is 8.72. The number of aromatic nitrogens is 3. The van der Waals surface area contributed by atoms with Crippen LogP contribution in [-0.2, 0) is 6.42 Å². The van der Waals surface area contributed by atoms with E-state index >= 15 is 0 Å². The largest absolute Gasteiger partial charge is 0.387 e. The summed E-state index contributed by atoms with van der Waals surface area (Å²) in [7, 11) is 0. The summed E-state index contributed by atoms with van der Waals surface area (Å²) in [4.78, 5) is 9.66. The predicted molar refractivity (Wildman–Crippen MR) is 72.9 cm³/mol. The summed E-state index contributed by atoms with van der Waals surface area (Å²) in [6, 6.07) is 3.82. The lowest BCUT2D eigenvalue weighted by Crippen LogP contribution is -1.97. The maximum absolute atomic E-state index is 9.66. The fraction of sp³-hybridized carbons (Fsp3) is 0.417. The van der Waals surface area contributed by atoms with Crippen LogP contribution in [0.5, 0.6) is 0 Å². The Balaban J connectivity index is 2.06. The van der Waals surface area contributed by atoms with E-state index < -0.39 is 6.10 Å². The smallest absolute Gasteiger partial charge is 0.174 e. The molecule has 0 saturated heterocycles. The Labute approximate surface area is 115 Å². The molecule has 0 fully saturated rings. The van der Waals surface area contributed by atoms with Gasteiger partial charge in [0, 0.05) is 17.5 Å². The molecule has 18 heavy (non-hydrogen) atoms. The Hall–Kier alpha value is -0.980. The van der Waals surface area contributed by atoms with Crippen molar-refractivity contribution in [1.29, 1.82) is 0 Å². The van der Waals surface area contributed by atoms with Crippen LogP contribution in [0.4, 0.5) is 0 Å². The third-order valence-corrected chi connectivity index (χ3v) is 4.22. The van der Waals surface area contributed by atoms with Crippen molar-refractivity contribution >= 4 is 23.3 Å². The first-order valence-electron chi connectivity index (χ1n) is 5.87. The predicted octanol–water partition coefficient (Wildman–Crippen LogP) is 3.09. The minimum atomic E-state index is -0.475. The van der Waals surface area contributed by atoms with Crippen molar-refractivity contribution in [3.8, 4) is 0 Å². The van der Waals surface area contributed by atoms with E-state index in [2.05, 4.69) is 14.3 Å². The summed E-state index contributed by atoms with van der Waals surface area (Å²) in [5.74, 6) is 0.883. The molecule has 0 spiro atoms. The molecule has 2 aromatic heterocycles. The number of hydrogen-bond acceptors (Lipinski definition) is 6. The van der Waals surface area contributed by atoms with Crippen molar-refractivity contribution in [2.45, 2.75) is 42.0 Å². The lowest BCUT2D eigenvalue weighted by Gasteiger charge is -2.06. The van der Waals surface area contributed by atoms with E-state index in [-0.39, 0.29) is 0 Å². The average Bonchev–Trinajstić information content (AvgIpc) is 2.86. The first kappa shape index (κ1) is 13.5. The Bertz CT molecular complexity index is 498. The van der Waals surface area contributed by atoms with Crippen molar-refractivity contribution in [3.05, 3.63) is 29.8 Å². The Kier molecular flexibility index (Phi) is 4.68. The molecule has 2 aromatic rings. The van der Waals surface area contributed by atoms with E-state index in [1.807, 2.05) is 26.0 Å². The molecule has 0 bridgehead atoms. The van der Waals surface area contributed by atoms with Gasteiger partial charge in [0.2, 0.25) is 0 Å². The monoisotopic (exact) mass is 281 g/mol. The lowest BCUT2D eigenvalue weighted by molar-refractivity contribution is 0.169. The van der Waals surface area contributed by atoms with Crippen LogP contribution < -0.4 is 0 Å². The number of aliphatic hydroxyl groups is 1. The summed E-state index contributed by atoms with van der Waals surface area (Å²) in [6.45, 7) is 3.97. The Morgan fingerprint density at radius 2 is 2.22 bits per heavy atom. The fourth-order valence-electron chi connectivity index (χ4n) is 1.38.